The van der Waals surface area contributed by atoms with Gasteiger partial charge in [0.2, 0.25) is 5.91 Å². The SMILES string of the molecule is Cc1ccc2c(c1)C(C)CC(C)(C)N2C(=O)CNCCc1ccccc1. The fraction of sp³-hybridized carbons (Fsp3) is 0.435. The Kier molecular flexibility index (Phi) is 5.47. The van der Waals surface area contributed by atoms with Gasteiger partial charge in [-0.25, -0.2) is 0 Å². The summed E-state index contributed by atoms with van der Waals surface area (Å²) in [6, 6.07) is 16.8. The predicted octanol–water partition coefficient (Wildman–Crippen LogP) is 4.45. The summed E-state index contributed by atoms with van der Waals surface area (Å²) in [5, 5.41) is 3.33. The number of hydrogen-bond donors (Lipinski definition) is 1. The summed E-state index contributed by atoms with van der Waals surface area (Å²) >= 11 is 0. The van der Waals surface area contributed by atoms with Crippen LogP contribution in [0.4, 0.5) is 5.69 Å². The van der Waals surface area contributed by atoms with E-state index in [4.69, 9.17) is 0 Å². The molecule has 138 valence electrons. The van der Waals surface area contributed by atoms with E-state index < -0.39 is 0 Å². The lowest BCUT2D eigenvalue weighted by atomic mass is 9.79. The molecule has 1 aliphatic heterocycles. The monoisotopic (exact) mass is 350 g/mol. The van der Waals surface area contributed by atoms with Gasteiger partial charge in [-0.05, 0) is 63.3 Å². The lowest BCUT2D eigenvalue weighted by molar-refractivity contribution is -0.119. The highest BCUT2D eigenvalue weighted by molar-refractivity contribution is 5.97. The quantitative estimate of drug-likeness (QED) is 0.808. The van der Waals surface area contributed by atoms with Crippen molar-refractivity contribution in [3.63, 3.8) is 0 Å². The van der Waals surface area contributed by atoms with Crippen LogP contribution in [-0.2, 0) is 11.2 Å². The van der Waals surface area contributed by atoms with Crippen molar-refractivity contribution >= 4 is 11.6 Å². The van der Waals surface area contributed by atoms with Gasteiger partial charge < -0.3 is 10.2 Å². The Labute approximate surface area is 157 Å². The van der Waals surface area contributed by atoms with Crippen LogP contribution in [0, 0.1) is 6.92 Å². The fourth-order valence-corrected chi connectivity index (χ4v) is 4.17. The van der Waals surface area contributed by atoms with E-state index in [-0.39, 0.29) is 11.4 Å². The van der Waals surface area contributed by atoms with Crippen LogP contribution >= 0.6 is 0 Å². The minimum Gasteiger partial charge on any atom is -0.308 e. The van der Waals surface area contributed by atoms with Gasteiger partial charge in [0.15, 0.2) is 0 Å². The molecule has 3 rings (SSSR count). The summed E-state index contributed by atoms with van der Waals surface area (Å²) in [6.45, 7) is 9.91. The average molecular weight is 351 g/mol. The zero-order valence-electron chi connectivity index (χ0n) is 16.4. The number of fused-ring (bicyclic) bond motifs is 1. The van der Waals surface area contributed by atoms with Crippen molar-refractivity contribution in [2.75, 3.05) is 18.0 Å². The molecule has 1 amide bonds. The Morgan fingerprint density at radius 2 is 1.92 bits per heavy atom. The van der Waals surface area contributed by atoms with Crippen molar-refractivity contribution < 1.29 is 4.79 Å². The first kappa shape index (κ1) is 18.7. The van der Waals surface area contributed by atoms with Gasteiger partial charge in [0.1, 0.15) is 0 Å². The Bertz CT molecular complexity index is 767. The largest absolute Gasteiger partial charge is 0.308 e. The highest BCUT2D eigenvalue weighted by atomic mass is 16.2. The third-order valence-electron chi connectivity index (χ3n) is 5.32. The molecule has 0 aromatic heterocycles. The molecule has 2 aromatic carbocycles. The molecule has 3 heteroatoms. The minimum absolute atomic E-state index is 0.153. The van der Waals surface area contributed by atoms with Crippen LogP contribution in [0.5, 0.6) is 0 Å². The Morgan fingerprint density at radius 3 is 2.65 bits per heavy atom. The molecule has 1 atom stereocenters. The van der Waals surface area contributed by atoms with Crippen molar-refractivity contribution in [2.24, 2.45) is 0 Å². The topological polar surface area (TPSA) is 32.3 Å². The Balaban J connectivity index is 1.68. The van der Waals surface area contributed by atoms with Gasteiger partial charge in [0.25, 0.3) is 0 Å². The van der Waals surface area contributed by atoms with Gasteiger partial charge >= 0.3 is 0 Å². The lowest BCUT2D eigenvalue weighted by Crippen LogP contribution is -2.54. The average Bonchev–Trinajstić information content (AvgIpc) is 2.59. The van der Waals surface area contributed by atoms with E-state index in [0.717, 1.165) is 25.1 Å². The van der Waals surface area contributed by atoms with Crippen molar-refractivity contribution in [1.82, 2.24) is 5.32 Å². The summed E-state index contributed by atoms with van der Waals surface area (Å²) in [5.41, 5.74) is 4.75. The number of benzene rings is 2. The molecule has 0 bridgehead atoms. The minimum atomic E-state index is -0.167. The fourth-order valence-electron chi connectivity index (χ4n) is 4.17. The van der Waals surface area contributed by atoms with Crippen molar-refractivity contribution in [2.45, 2.75) is 52.0 Å². The van der Waals surface area contributed by atoms with Crippen LogP contribution < -0.4 is 10.2 Å². The van der Waals surface area contributed by atoms with Gasteiger partial charge in [-0.3, -0.25) is 4.79 Å². The number of nitrogens with one attached hydrogen (secondary N) is 1. The predicted molar refractivity (Wildman–Crippen MR) is 109 cm³/mol. The van der Waals surface area contributed by atoms with Crippen molar-refractivity contribution in [3.05, 3.63) is 65.2 Å². The molecule has 1 N–H and O–H groups in total. The number of carbonyl (C=O) groups is 1. The standard InChI is InChI=1S/C23H30N2O/c1-17-10-11-21-20(14-17)18(2)15-23(3,4)25(21)22(26)16-24-13-12-19-8-6-5-7-9-19/h5-11,14,18,24H,12-13,15-16H2,1-4H3. The van der Waals surface area contributed by atoms with Gasteiger partial charge in [-0.1, -0.05) is 55.0 Å². The van der Waals surface area contributed by atoms with E-state index in [9.17, 15) is 4.79 Å². The van der Waals surface area contributed by atoms with E-state index in [1.54, 1.807) is 0 Å². The van der Waals surface area contributed by atoms with E-state index in [0.29, 0.717) is 12.5 Å². The molecule has 0 saturated carbocycles. The van der Waals surface area contributed by atoms with Crippen LogP contribution in [0.1, 0.15) is 49.8 Å². The molecule has 0 aliphatic carbocycles. The summed E-state index contributed by atoms with van der Waals surface area (Å²) in [5.74, 6) is 0.620. The van der Waals surface area contributed by atoms with Crippen LogP contribution in [0.2, 0.25) is 0 Å². The molecule has 1 heterocycles. The molecular formula is C23H30N2O. The molecule has 26 heavy (non-hydrogen) atoms. The smallest absolute Gasteiger partial charge is 0.241 e. The number of hydrogen-bond acceptors (Lipinski definition) is 2. The van der Waals surface area contributed by atoms with Crippen LogP contribution in [0.25, 0.3) is 0 Å². The number of aryl methyl sites for hydroxylation is 1. The second-order valence-electron chi connectivity index (χ2n) is 8.12. The van der Waals surface area contributed by atoms with Crippen LogP contribution in [0.3, 0.4) is 0 Å². The number of amides is 1. The van der Waals surface area contributed by atoms with E-state index in [1.807, 2.05) is 11.0 Å². The summed E-state index contributed by atoms with van der Waals surface area (Å²) < 4.78 is 0. The first-order valence-electron chi connectivity index (χ1n) is 9.57. The number of rotatable bonds is 5. The molecule has 0 radical (unpaired) electrons. The molecule has 2 aromatic rings. The van der Waals surface area contributed by atoms with Crippen molar-refractivity contribution in [3.8, 4) is 0 Å². The highest BCUT2D eigenvalue weighted by Gasteiger charge is 2.39. The number of carbonyl (C=O) groups excluding carboxylic acids is 1. The van der Waals surface area contributed by atoms with Crippen molar-refractivity contribution in [1.29, 1.82) is 0 Å². The highest BCUT2D eigenvalue weighted by Crippen LogP contribution is 2.43. The maximum absolute atomic E-state index is 13.0. The second kappa shape index (κ2) is 7.63. The van der Waals surface area contributed by atoms with Gasteiger partial charge in [-0.15, -0.1) is 0 Å². The molecule has 0 saturated heterocycles. The maximum atomic E-state index is 13.0. The molecular weight excluding hydrogens is 320 g/mol. The number of nitrogens with zero attached hydrogens (tertiary/aromatic N) is 1. The lowest BCUT2D eigenvalue weighted by Gasteiger charge is -2.46. The van der Waals surface area contributed by atoms with Crippen LogP contribution in [0.15, 0.2) is 48.5 Å². The van der Waals surface area contributed by atoms with E-state index >= 15 is 0 Å². The summed E-state index contributed by atoms with van der Waals surface area (Å²) in [7, 11) is 0. The maximum Gasteiger partial charge on any atom is 0.241 e. The first-order chi connectivity index (χ1) is 12.4. The van der Waals surface area contributed by atoms with Gasteiger partial charge in [0.05, 0.1) is 6.54 Å². The van der Waals surface area contributed by atoms with E-state index in [2.05, 4.69) is 75.5 Å². The zero-order chi connectivity index (χ0) is 18.7. The Morgan fingerprint density at radius 1 is 1.19 bits per heavy atom. The first-order valence-corrected chi connectivity index (χ1v) is 9.57. The molecule has 1 aliphatic rings. The number of anilines is 1. The normalized spacial score (nSPS) is 18.5. The van der Waals surface area contributed by atoms with Gasteiger partial charge in [0, 0.05) is 11.2 Å². The zero-order valence-corrected chi connectivity index (χ0v) is 16.4. The summed E-state index contributed by atoms with van der Waals surface area (Å²) in [6.07, 6.45) is 1.92. The second-order valence-corrected chi connectivity index (χ2v) is 8.12. The van der Waals surface area contributed by atoms with Gasteiger partial charge in [-0.2, -0.15) is 0 Å². The van der Waals surface area contributed by atoms with Crippen LogP contribution in [-0.4, -0.2) is 24.5 Å². The molecule has 0 spiro atoms. The third kappa shape index (κ3) is 3.99. The van der Waals surface area contributed by atoms with E-state index in [1.165, 1.54) is 16.7 Å². The molecule has 0 fully saturated rings. The summed E-state index contributed by atoms with van der Waals surface area (Å²) in [4.78, 5) is 15.1. The Hall–Kier alpha value is -2.13. The third-order valence-corrected chi connectivity index (χ3v) is 5.32. The molecule has 1 unspecified atom stereocenters. The molecule has 3 nitrogen and oxygen atoms in total.